The van der Waals surface area contributed by atoms with E-state index in [9.17, 15) is 14.7 Å². The van der Waals surface area contributed by atoms with Gasteiger partial charge in [-0.1, -0.05) is 42.1 Å². The number of halogens is 2. The number of rotatable bonds is 4. The first-order valence-corrected chi connectivity index (χ1v) is 7.71. The summed E-state index contributed by atoms with van der Waals surface area (Å²) in [6.45, 7) is 0.346. The van der Waals surface area contributed by atoms with Crippen molar-refractivity contribution in [3.05, 3.63) is 33.8 Å². The van der Waals surface area contributed by atoms with Crippen molar-refractivity contribution in [2.45, 2.75) is 25.7 Å². The van der Waals surface area contributed by atoms with E-state index in [1.54, 1.807) is 18.2 Å². The van der Waals surface area contributed by atoms with Crippen LogP contribution >= 0.6 is 23.2 Å². The van der Waals surface area contributed by atoms with Crippen molar-refractivity contribution in [3.63, 3.8) is 0 Å². The fourth-order valence-electron chi connectivity index (χ4n) is 2.78. The largest absolute Gasteiger partial charge is 0.481 e. The summed E-state index contributed by atoms with van der Waals surface area (Å²) in [6.07, 6.45) is 3.43. The highest BCUT2D eigenvalue weighted by Crippen LogP contribution is 2.30. The van der Waals surface area contributed by atoms with Crippen LogP contribution in [0, 0.1) is 11.8 Å². The van der Waals surface area contributed by atoms with Gasteiger partial charge in [-0.15, -0.1) is 0 Å². The van der Waals surface area contributed by atoms with E-state index in [1.165, 1.54) is 0 Å². The first-order valence-electron chi connectivity index (χ1n) is 6.95. The van der Waals surface area contributed by atoms with Gasteiger partial charge in [0.1, 0.15) is 0 Å². The molecule has 0 spiro atoms. The molecule has 2 unspecified atom stereocenters. The van der Waals surface area contributed by atoms with Gasteiger partial charge in [0, 0.05) is 6.54 Å². The highest BCUT2D eigenvalue weighted by atomic mass is 35.5. The molecule has 1 amide bonds. The number of carbonyl (C=O) groups excluding carboxylic acids is 1. The molecule has 1 aromatic rings. The Kier molecular flexibility index (Phi) is 5.48. The topological polar surface area (TPSA) is 66.4 Å². The zero-order chi connectivity index (χ0) is 15.4. The average molecular weight is 330 g/mol. The SMILES string of the molecule is O=C(NCC1CCCCC1C(=O)O)c1cccc(Cl)c1Cl. The summed E-state index contributed by atoms with van der Waals surface area (Å²) >= 11 is 11.9. The maximum atomic E-state index is 12.1. The van der Waals surface area contributed by atoms with E-state index in [0.29, 0.717) is 23.6 Å². The van der Waals surface area contributed by atoms with Crippen LogP contribution in [-0.4, -0.2) is 23.5 Å². The number of nitrogens with one attached hydrogen (secondary N) is 1. The minimum absolute atomic E-state index is 0.0295. The van der Waals surface area contributed by atoms with Gasteiger partial charge in [-0.2, -0.15) is 0 Å². The Morgan fingerprint density at radius 1 is 1.24 bits per heavy atom. The third kappa shape index (κ3) is 3.89. The monoisotopic (exact) mass is 329 g/mol. The molecule has 4 nitrogen and oxygen atoms in total. The second-order valence-electron chi connectivity index (χ2n) is 5.30. The van der Waals surface area contributed by atoms with Gasteiger partial charge in [-0.3, -0.25) is 9.59 Å². The second-order valence-corrected chi connectivity index (χ2v) is 6.09. The molecule has 2 rings (SSSR count). The summed E-state index contributed by atoms with van der Waals surface area (Å²) in [5.41, 5.74) is 0.312. The molecule has 1 fully saturated rings. The van der Waals surface area contributed by atoms with Crippen molar-refractivity contribution in [1.82, 2.24) is 5.32 Å². The van der Waals surface area contributed by atoms with E-state index < -0.39 is 5.97 Å². The quantitative estimate of drug-likeness (QED) is 0.886. The number of hydrogen-bond donors (Lipinski definition) is 2. The summed E-state index contributed by atoms with van der Waals surface area (Å²) in [4.78, 5) is 23.4. The van der Waals surface area contributed by atoms with E-state index in [2.05, 4.69) is 5.32 Å². The molecule has 0 aromatic heterocycles. The number of carbonyl (C=O) groups is 2. The van der Waals surface area contributed by atoms with Gasteiger partial charge < -0.3 is 10.4 Å². The lowest BCUT2D eigenvalue weighted by molar-refractivity contribution is -0.144. The van der Waals surface area contributed by atoms with Gasteiger partial charge >= 0.3 is 5.97 Å². The lowest BCUT2D eigenvalue weighted by Gasteiger charge is -2.28. The van der Waals surface area contributed by atoms with Crippen LogP contribution in [0.5, 0.6) is 0 Å². The predicted octanol–water partition coefficient (Wildman–Crippen LogP) is 3.61. The standard InChI is InChI=1S/C15H17Cl2NO3/c16-12-7-3-6-11(13(12)17)14(19)18-8-9-4-1-2-5-10(9)15(20)21/h3,6-7,9-10H,1-2,4-5,8H2,(H,18,19)(H,20,21). The van der Waals surface area contributed by atoms with Crippen LogP contribution < -0.4 is 5.32 Å². The number of hydrogen-bond acceptors (Lipinski definition) is 2. The minimum atomic E-state index is -0.783. The fourth-order valence-corrected chi connectivity index (χ4v) is 3.16. The molecule has 21 heavy (non-hydrogen) atoms. The van der Waals surface area contributed by atoms with Crippen LogP contribution in [0.15, 0.2) is 18.2 Å². The summed E-state index contributed by atoms with van der Waals surface area (Å²) in [6, 6.07) is 4.87. The zero-order valence-electron chi connectivity index (χ0n) is 11.4. The van der Waals surface area contributed by atoms with E-state index in [0.717, 1.165) is 19.3 Å². The zero-order valence-corrected chi connectivity index (χ0v) is 13.0. The van der Waals surface area contributed by atoms with E-state index >= 15 is 0 Å². The van der Waals surface area contributed by atoms with Crippen LogP contribution in [0.3, 0.4) is 0 Å². The lowest BCUT2D eigenvalue weighted by Crippen LogP contribution is -2.37. The molecule has 114 valence electrons. The highest BCUT2D eigenvalue weighted by molar-refractivity contribution is 6.43. The van der Waals surface area contributed by atoms with Gasteiger partial charge in [0.15, 0.2) is 0 Å². The third-order valence-electron chi connectivity index (χ3n) is 3.95. The van der Waals surface area contributed by atoms with Crippen molar-refractivity contribution in [2.75, 3.05) is 6.54 Å². The Labute approximate surface area is 133 Å². The molecule has 2 N–H and O–H groups in total. The minimum Gasteiger partial charge on any atom is -0.481 e. The predicted molar refractivity (Wildman–Crippen MR) is 81.9 cm³/mol. The van der Waals surface area contributed by atoms with Crippen molar-refractivity contribution in [3.8, 4) is 0 Å². The summed E-state index contributed by atoms with van der Waals surface area (Å²) < 4.78 is 0. The van der Waals surface area contributed by atoms with Crippen LogP contribution in [0.1, 0.15) is 36.0 Å². The number of aliphatic carboxylic acids is 1. The van der Waals surface area contributed by atoms with Gasteiger partial charge in [-0.05, 0) is 30.9 Å². The Hall–Kier alpha value is -1.26. The second kappa shape index (κ2) is 7.14. The van der Waals surface area contributed by atoms with Crippen LogP contribution in [0.4, 0.5) is 0 Å². The molecule has 0 aliphatic heterocycles. The molecule has 0 radical (unpaired) electrons. The Morgan fingerprint density at radius 3 is 2.67 bits per heavy atom. The summed E-state index contributed by atoms with van der Waals surface area (Å²) in [5, 5.41) is 12.5. The Bertz CT molecular complexity index is 548. The van der Waals surface area contributed by atoms with Crippen molar-refractivity contribution in [2.24, 2.45) is 11.8 Å². The molecule has 0 saturated heterocycles. The molecule has 0 bridgehead atoms. The van der Waals surface area contributed by atoms with Crippen molar-refractivity contribution in [1.29, 1.82) is 0 Å². The van der Waals surface area contributed by atoms with Crippen LogP contribution in [0.25, 0.3) is 0 Å². The molecule has 1 aliphatic rings. The third-order valence-corrected chi connectivity index (χ3v) is 4.77. The van der Waals surface area contributed by atoms with Crippen LogP contribution in [-0.2, 0) is 4.79 Å². The van der Waals surface area contributed by atoms with E-state index in [1.807, 2.05) is 0 Å². The van der Waals surface area contributed by atoms with Gasteiger partial charge in [0.05, 0.1) is 21.5 Å². The normalized spacial score (nSPS) is 21.8. The van der Waals surface area contributed by atoms with Gasteiger partial charge in [0.2, 0.25) is 0 Å². The first-order chi connectivity index (χ1) is 10.0. The molecule has 6 heteroatoms. The number of carboxylic acids is 1. The Morgan fingerprint density at radius 2 is 1.95 bits per heavy atom. The molecule has 2 atom stereocenters. The summed E-state index contributed by atoms with van der Waals surface area (Å²) in [7, 11) is 0. The molecular weight excluding hydrogens is 313 g/mol. The van der Waals surface area contributed by atoms with Crippen LogP contribution in [0.2, 0.25) is 10.0 Å². The number of benzene rings is 1. The number of carboxylic acid groups (broad SMARTS) is 1. The average Bonchev–Trinajstić information content (AvgIpc) is 2.47. The molecule has 0 heterocycles. The van der Waals surface area contributed by atoms with Crippen molar-refractivity contribution < 1.29 is 14.7 Å². The van der Waals surface area contributed by atoms with E-state index in [4.69, 9.17) is 23.2 Å². The molecule has 1 saturated carbocycles. The first kappa shape index (κ1) is 16.1. The lowest BCUT2D eigenvalue weighted by atomic mass is 9.79. The van der Waals surface area contributed by atoms with E-state index in [-0.39, 0.29) is 22.8 Å². The fraction of sp³-hybridized carbons (Fsp3) is 0.467. The maximum Gasteiger partial charge on any atom is 0.306 e. The maximum absolute atomic E-state index is 12.1. The van der Waals surface area contributed by atoms with Crippen molar-refractivity contribution >= 4 is 35.1 Å². The number of amides is 1. The smallest absolute Gasteiger partial charge is 0.306 e. The highest BCUT2D eigenvalue weighted by Gasteiger charge is 2.31. The summed E-state index contributed by atoms with van der Waals surface area (Å²) in [5.74, 6) is -1.51. The van der Waals surface area contributed by atoms with Gasteiger partial charge in [0.25, 0.3) is 5.91 Å². The van der Waals surface area contributed by atoms with Gasteiger partial charge in [-0.25, -0.2) is 0 Å². The molecule has 1 aromatic carbocycles. The Balaban J connectivity index is 2.00. The molecular formula is C15H17Cl2NO3. The molecule has 1 aliphatic carbocycles.